The third kappa shape index (κ3) is 4.28. The zero-order valence-corrected chi connectivity index (χ0v) is 14.8. The Kier molecular flexibility index (Phi) is 4.87. The van der Waals surface area contributed by atoms with Crippen molar-refractivity contribution in [2.24, 2.45) is 0 Å². The average Bonchev–Trinajstić information content (AvgIpc) is 2.83. The zero-order valence-electron chi connectivity index (χ0n) is 14.8. The van der Waals surface area contributed by atoms with Crippen molar-refractivity contribution in [3.8, 4) is 0 Å². The Labute approximate surface area is 141 Å². The third-order valence-electron chi connectivity index (χ3n) is 3.67. The van der Waals surface area contributed by atoms with Crippen molar-refractivity contribution in [1.82, 2.24) is 9.88 Å². The molecule has 6 heteroatoms. The highest BCUT2D eigenvalue weighted by molar-refractivity contribution is 5.95. The summed E-state index contributed by atoms with van der Waals surface area (Å²) in [6.07, 6.45) is 0.272. The SMILES string of the molecule is Cc1cc2cc(CCN(C)C(=O)OC(C)(C)C)[nH]c2cc1C(=O)O. The van der Waals surface area contributed by atoms with Crippen molar-refractivity contribution in [3.05, 3.63) is 35.0 Å². The quantitative estimate of drug-likeness (QED) is 0.896. The predicted molar refractivity (Wildman–Crippen MR) is 92.6 cm³/mol. The number of aryl methyl sites for hydroxylation is 1. The Morgan fingerprint density at radius 3 is 2.50 bits per heavy atom. The summed E-state index contributed by atoms with van der Waals surface area (Å²) in [6, 6.07) is 5.49. The van der Waals surface area contributed by atoms with Gasteiger partial charge in [-0.2, -0.15) is 0 Å². The number of hydrogen-bond acceptors (Lipinski definition) is 3. The van der Waals surface area contributed by atoms with Crippen LogP contribution in [0.4, 0.5) is 4.79 Å². The van der Waals surface area contributed by atoms with Crippen LogP contribution in [0.1, 0.15) is 42.4 Å². The summed E-state index contributed by atoms with van der Waals surface area (Å²) in [6.45, 7) is 7.79. The minimum absolute atomic E-state index is 0.293. The molecule has 0 bridgehead atoms. The summed E-state index contributed by atoms with van der Waals surface area (Å²) in [5, 5.41) is 10.2. The number of amides is 1. The van der Waals surface area contributed by atoms with Crippen LogP contribution >= 0.6 is 0 Å². The first-order valence-corrected chi connectivity index (χ1v) is 7.86. The molecule has 1 heterocycles. The number of nitrogens with zero attached hydrogens (tertiary/aromatic N) is 1. The summed E-state index contributed by atoms with van der Waals surface area (Å²) in [4.78, 5) is 27.9. The van der Waals surface area contributed by atoms with E-state index in [0.29, 0.717) is 18.5 Å². The molecule has 1 amide bonds. The molecule has 0 atom stereocenters. The Morgan fingerprint density at radius 2 is 1.92 bits per heavy atom. The Balaban J connectivity index is 2.08. The summed E-state index contributed by atoms with van der Waals surface area (Å²) in [5.74, 6) is -0.935. The molecule has 0 fully saturated rings. The van der Waals surface area contributed by atoms with Gasteiger partial charge in [-0.05, 0) is 56.8 Å². The minimum atomic E-state index is -0.935. The smallest absolute Gasteiger partial charge is 0.410 e. The maximum Gasteiger partial charge on any atom is 0.410 e. The molecule has 0 unspecified atom stereocenters. The molecule has 1 aromatic carbocycles. The summed E-state index contributed by atoms with van der Waals surface area (Å²) >= 11 is 0. The molecule has 2 N–H and O–H groups in total. The van der Waals surface area contributed by atoms with Crippen molar-refractivity contribution >= 4 is 23.0 Å². The van der Waals surface area contributed by atoms with Crippen LogP contribution in [0.2, 0.25) is 0 Å². The number of likely N-dealkylation sites (N-methyl/N-ethyl adjacent to an activating group) is 1. The topological polar surface area (TPSA) is 82.6 Å². The van der Waals surface area contributed by atoms with Crippen LogP contribution in [0.15, 0.2) is 18.2 Å². The number of benzene rings is 1. The Hall–Kier alpha value is -2.50. The van der Waals surface area contributed by atoms with Gasteiger partial charge in [-0.1, -0.05) is 0 Å². The van der Waals surface area contributed by atoms with Crippen LogP contribution in [0.3, 0.4) is 0 Å². The molecule has 0 radical (unpaired) electrons. The molecule has 0 aliphatic rings. The standard InChI is InChI=1S/C18H24N2O4/c1-11-8-12-9-13(19-15(12)10-14(11)16(21)22)6-7-20(5)17(23)24-18(2,3)4/h8-10,19H,6-7H2,1-5H3,(H,21,22). The number of aromatic amines is 1. The number of nitrogens with one attached hydrogen (secondary N) is 1. The highest BCUT2D eigenvalue weighted by Crippen LogP contribution is 2.21. The predicted octanol–water partition coefficient (Wildman–Crippen LogP) is 3.58. The molecule has 0 aliphatic heterocycles. The van der Waals surface area contributed by atoms with Gasteiger partial charge in [-0.25, -0.2) is 9.59 Å². The van der Waals surface area contributed by atoms with Gasteiger partial charge in [0.05, 0.1) is 5.56 Å². The minimum Gasteiger partial charge on any atom is -0.478 e. The van der Waals surface area contributed by atoms with Gasteiger partial charge in [0.15, 0.2) is 0 Å². The molecule has 0 saturated heterocycles. The van der Waals surface area contributed by atoms with Crippen molar-refractivity contribution in [1.29, 1.82) is 0 Å². The number of carbonyl (C=O) groups is 2. The monoisotopic (exact) mass is 332 g/mol. The molecule has 0 spiro atoms. The average molecular weight is 332 g/mol. The number of carbonyl (C=O) groups excluding carboxylic acids is 1. The van der Waals surface area contributed by atoms with Crippen LogP contribution in [-0.2, 0) is 11.2 Å². The van der Waals surface area contributed by atoms with Crippen LogP contribution in [0.5, 0.6) is 0 Å². The van der Waals surface area contributed by atoms with Crippen LogP contribution in [0.25, 0.3) is 10.9 Å². The number of carboxylic acids is 1. The molecule has 0 saturated carbocycles. The number of ether oxygens (including phenoxy) is 1. The second-order valence-corrected chi connectivity index (χ2v) is 7.01. The number of fused-ring (bicyclic) bond motifs is 1. The fraction of sp³-hybridized carbons (Fsp3) is 0.444. The molecule has 24 heavy (non-hydrogen) atoms. The van der Waals surface area contributed by atoms with Gasteiger partial charge in [-0.3, -0.25) is 0 Å². The fourth-order valence-electron chi connectivity index (χ4n) is 2.44. The molecule has 6 nitrogen and oxygen atoms in total. The van der Waals surface area contributed by atoms with Crippen LogP contribution in [0, 0.1) is 6.92 Å². The maximum atomic E-state index is 11.9. The van der Waals surface area contributed by atoms with E-state index < -0.39 is 11.6 Å². The van der Waals surface area contributed by atoms with E-state index in [1.165, 1.54) is 4.90 Å². The first-order chi connectivity index (χ1) is 11.1. The van der Waals surface area contributed by atoms with Gasteiger partial charge in [0.2, 0.25) is 0 Å². The Morgan fingerprint density at radius 1 is 1.25 bits per heavy atom. The van der Waals surface area contributed by atoms with Crippen molar-refractivity contribution in [2.45, 2.75) is 39.7 Å². The number of carboxylic acid groups (broad SMARTS) is 1. The van der Waals surface area contributed by atoms with E-state index in [-0.39, 0.29) is 6.09 Å². The number of aromatic nitrogens is 1. The lowest BCUT2D eigenvalue weighted by Gasteiger charge is -2.24. The number of hydrogen-bond donors (Lipinski definition) is 2. The highest BCUT2D eigenvalue weighted by atomic mass is 16.6. The number of H-pyrrole nitrogens is 1. The third-order valence-corrected chi connectivity index (χ3v) is 3.67. The van der Waals surface area contributed by atoms with Crippen molar-refractivity contribution < 1.29 is 19.4 Å². The molecule has 2 rings (SSSR count). The van der Waals surface area contributed by atoms with Crippen molar-refractivity contribution in [3.63, 3.8) is 0 Å². The number of rotatable bonds is 4. The second-order valence-electron chi connectivity index (χ2n) is 7.01. The van der Waals surface area contributed by atoms with E-state index in [1.54, 1.807) is 20.0 Å². The van der Waals surface area contributed by atoms with Gasteiger partial charge in [0.25, 0.3) is 0 Å². The van der Waals surface area contributed by atoms with Crippen molar-refractivity contribution in [2.75, 3.05) is 13.6 Å². The molecular weight excluding hydrogens is 308 g/mol. The molecule has 2 aromatic rings. The molecule has 0 aliphatic carbocycles. The Bertz CT molecular complexity index is 771. The van der Waals surface area contributed by atoms with Gasteiger partial charge < -0.3 is 19.7 Å². The lowest BCUT2D eigenvalue weighted by Crippen LogP contribution is -2.35. The summed E-state index contributed by atoms with van der Waals surface area (Å²) in [7, 11) is 1.70. The van der Waals surface area contributed by atoms with Gasteiger partial charge >= 0.3 is 12.1 Å². The van der Waals surface area contributed by atoms with E-state index in [9.17, 15) is 14.7 Å². The van der Waals surface area contributed by atoms with E-state index >= 15 is 0 Å². The largest absolute Gasteiger partial charge is 0.478 e. The second kappa shape index (κ2) is 6.55. The van der Waals surface area contributed by atoms with E-state index in [1.807, 2.05) is 32.9 Å². The first kappa shape index (κ1) is 17.8. The normalized spacial score (nSPS) is 11.5. The molecule has 130 valence electrons. The maximum absolute atomic E-state index is 11.9. The highest BCUT2D eigenvalue weighted by Gasteiger charge is 2.19. The molecule has 1 aromatic heterocycles. The zero-order chi connectivity index (χ0) is 18.1. The lowest BCUT2D eigenvalue weighted by molar-refractivity contribution is 0.0300. The van der Waals surface area contributed by atoms with Gasteiger partial charge in [0, 0.05) is 31.2 Å². The van der Waals surface area contributed by atoms with E-state index in [0.717, 1.165) is 22.2 Å². The van der Waals surface area contributed by atoms with Gasteiger partial charge in [-0.15, -0.1) is 0 Å². The first-order valence-electron chi connectivity index (χ1n) is 7.86. The molecular formula is C18H24N2O4. The van der Waals surface area contributed by atoms with E-state index in [2.05, 4.69) is 4.98 Å². The van der Waals surface area contributed by atoms with E-state index in [4.69, 9.17) is 4.74 Å². The van der Waals surface area contributed by atoms with Crippen LogP contribution < -0.4 is 0 Å². The summed E-state index contributed by atoms with van der Waals surface area (Å²) < 4.78 is 5.32. The number of aromatic carboxylic acids is 1. The fourth-order valence-corrected chi connectivity index (χ4v) is 2.44. The van der Waals surface area contributed by atoms with Crippen LogP contribution in [-0.4, -0.2) is 46.2 Å². The van der Waals surface area contributed by atoms with Gasteiger partial charge in [0.1, 0.15) is 5.60 Å². The lowest BCUT2D eigenvalue weighted by atomic mass is 10.1. The summed E-state index contributed by atoms with van der Waals surface area (Å²) in [5.41, 5.74) is 2.24.